The molecule has 1 aromatic carbocycles. The number of carbonyl (C=O) groups is 1. The minimum atomic E-state index is -0.203. The van der Waals surface area contributed by atoms with Gasteiger partial charge >= 0.3 is 0 Å². The molecule has 0 saturated heterocycles. The van der Waals surface area contributed by atoms with Crippen molar-refractivity contribution in [3.05, 3.63) is 35.4 Å². The number of unbranched alkanes of at least 4 members (excludes halogenated alkanes) is 1. The minimum absolute atomic E-state index is 0.110. The van der Waals surface area contributed by atoms with Gasteiger partial charge in [-0.25, -0.2) is 0 Å². The first-order valence-corrected chi connectivity index (χ1v) is 5.76. The predicted molar refractivity (Wildman–Crippen MR) is 67.6 cm³/mol. The van der Waals surface area contributed by atoms with E-state index in [9.17, 15) is 4.79 Å². The van der Waals surface area contributed by atoms with Crippen molar-refractivity contribution in [3.63, 3.8) is 0 Å². The highest BCUT2D eigenvalue weighted by atomic mass is 16.2. The smallest absolute Gasteiger partial charge is 0.252 e. The third kappa shape index (κ3) is 4.29. The van der Waals surface area contributed by atoms with Gasteiger partial charge in [0.2, 0.25) is 0 Å². The lowest BCUT2D eigenvalue weighted by molar-refractivity contribution is 0.0953. The summed E-state index contributed by atoms with van der Waals surface area (Å²) in [7, 11) is 0. The van der Waals surface area contributed by atoms with Crippen LogP contribution in [-0.4, -0.2) is 24.2 Å². The van der Waals surface area contributed by atoms with Crippen LogP contribution in [-0.2, 0) is 0 Å². The van der Waals surface area contributed by atoms with Crippen LogP contribution >= 0.6 is 0 Å². The number of aliphatic hydroxyl groups excluding tert-OH is 1. The van der Waals surface area contributed by atoms with Crippen molar-refractivity contribution in [3.8, 4) is 11.8 Å². The summed E-state index contributed by atoms with van der Waals surface area (Å²) >= 11 is 0. The Morgan fingerprint density at radius 3 is 2.88 bits per heavy atom. The van der Waals surface area contributed by atoms with E-state index in [1.54, 1.807) is 18.2 Å². The topological polar surface area (TPSA) is 49.3 Å². The second-order valence-corrected chi connectivity index (χ2v) is 3.61. The zero-order valence-electron chi connectivity index (χ0n) is 9.99. The Labute approximate surface area is 102 Å². The van der Waals surface area contributed by atoms with Gasteiger partial charge in [-0.3, -0.25) is 4.79 Å². The number of rotatable bonds is 4. The van der Waals surface area contributed by atoms with E-state index in [-0.39, 0.29) is 12.5 Å². The summed E-state index contributed by atoms with van der Waals surface area (Å²) in [6.45, 7) is 2.55. The molecule has 0 saturated carbocycles. The molecule has 0 radical (unpaired) electrons. The molecule has 0 fully saturated rings. The molecule has 0 aliphatic rings. The average Bonchev–Trinajstić information content (AvgIpc) is 2.37. The van der Waals surface area contributed by atoms with E-state index in [4.69, 9.17) is 5.11 Å². The molecule has 1 aromatic rings. The van der Waals surface area contributed by atoms with Crippen molar-refractivity contribution < 1.29 is 9.90 Å². The van der Waals surface area contributed by atoms with E-state index in [2.05, 4.69) is 24.1 Å². The first-order chi connectivity index (χ1) is 8.29. The molecule has 1 amide bonds. The first kappa shape index (κ1) is 13.3. The van der Waals surface area contributed by atoms with Gasteiger partial charge in [0, 0.05) is 12.1 Å². The standard InChI is InChI=1S/C14H17NO2/c1-2-3-10-15-14(17)13-9-5-4-7-12(13)8-6-11-16/h4-5,7,9,16H,2-3,10-11H2,1H3,(H,15,17). The van der Waals surface area contributed by atoms with Crippen LogP contribution in [0, 0.1) is 11.8 Å². The van der Waals surface area contributed by atoms with Crippen molar-refractivity contribution >= 4 is 5.91 Å². The van der Waals surface area contributed by atoms with Gasteiger partial charge in [-0.1, -0.05) is 37.3 Å². The summed E-state index contributed by atoms with van der Waals surface area (Å²) in [5.74, 6) is 5.22. The normalized spacial score (nSPS) is 9.29. The van der Waals surface area contributed by atoms with E-state index >= 15 is 0 Å². The van der Waals surface area contributed by atoms with Gasteiger partial charge in [-0.2, -0.15) is 0 Å². The summed E-state index contributed by atoms with van der Waals surface area (Å²) < 4.78 is 0. The number of carbonyl (C=O) groups excluding carboxylic acids is 1. The molecule has 90 valence electrons. The SMILES string of the molecule is CCCCNC(=O)c1ccccc1C#CCO. The maximum Gasteiger partial charge on any atom is 0.252 e. The van der Waals surface area contributed by atoms with Gasteiger partial charge in [-0.05, 0) is 18.6 Å². The molecule has 0 heterocycles. The average molecular weight is 231 g/mol. The first-order valence-electron chi connectivity index (χ1n) is 5.76. The summed E-state index contributed by atoms with van der Waals surface area (Å²) in [5.41, 5.74) is 1.21. The molecule has 0 aliphatic carbocycles. The van der Waals surface area contributed by atoms with Crippen LogP contribution in [0.1, 0.15) is 35.7 Å². The molecular weight excluding hydrogens is 214 g/mol. The molecule has 0 atom stereocenters. The summed E-state index contributed by atoms with van der Waals surface area (Å²) in [6.07, 6.45) is 2.02. The van der Waals surface area contributed by atoms with Crippen molar-refractivity contribution in [1.82, 2.24) is 5.32 Å². The Morgan fingerprint density at radius 2 is 2.18 bits per heavy atom. The fourth-order valence-corrected chi connectivity index (χ4v) is 1.40. The van der Waals surface area contributed by atoms with E-state index in [0.29, 0.717) is 17.7 Å². The molecule has 2 N–H and O–H groups in total. The Morgan fingerprint density at radius 1 is 1.41 bits per heavy atom. The van der Waals surface area contributed by atoms with E-state index in [1.807, 2.05) is 6.07 Å². The van der Waals surface area contributed by atoms with E-state index < -0.39 is 0 Å². The number of hydrogen-bond acceptors (Lipinski definition) is 2. The second-order valence-electron chi connectivity index (χ2n) is 3.61. The second kappa shape index (κ2) is 7.48. The van der Waals surface area contributed by atoms with Gasteiger partial charge in [0.1, 0.15) is 6.61 Å². The highest BCUT2D eigenvalue weighted by molar-refractivity contribution is 5.96. The zero-order chi connectivity index (χ0) is 12.5. The third-order valence-corrected chi connectivity index (χ3v) is 2.29. The molecule has 1 rings (SSSR count). The highest BCUT2D eigenvalue weighted by Gasteiger charge is 2.08. The van der Waals surface area contributed by atoms with Gasteiger partial charge < -0.3 is 10.4 Å². The summed E-state index contributed by atoms with van der Waals surface area (Å²) in [6, 6.07) is 7.14. The lowest BCUT2D eigenvalue weighted by Gasteiger charge is -2.05. The Kier molecular flexibility index (Phi) is 5.84. The number of amides is 1. The maximum atomic E-state index is 11.9. The number of nitrogens with one attached hydrogen (secondary N) is 1. The summed E-state index contributed by atoms with van der Waals surface area (Å²) in [4.78, 5) is 11.9. The zero-order valence-corrected chi connectivity index (χ0v) is 9.99. The van der Waals surface area contributed by atoms with Crippen LogP contribution in [0.25, 0.3) is 0 Å². The van der Waals surface area contributed by atoms with Crippen molar-refractivity contribution in [1.29, 1.82) is 0 Å². The van der Waals surface area contributed by atoms with E-state index in [1.165, 1.54) is 0 Å². The summed E-state index contributed by atoms with van der Waals surface area (Å²) in [5, 5.41) is 11.5. The number of aliphatic hydroxyl groups is 1. The molecule has 3 heteroatoms. The molecule has 3 nitrogen and oxygen atoms in total. The highest BCUT2D eigenvalue weighted by Crippen LogP contribution is 2.07. The Hall–Kier alpha value is -1.79. The van der Waals surface area contributed by atoms with Crippen LogP contribution in [0.3, 0.4) is 0 Å². The van der Waals surface area contributed by atoms with Gasteiger partial charge in [-0.15, -0.1) is 0 Å². The van der Waals surface area contributed by atoms with E-state index in [0.717, 1.165) is 12.8 Å². The van der Waals surface area contributed by atoms with Crippen molar-refractivity contribution in [2.45, 2.75) is 19.8 Å². The fourth-order valence-electron chi connectivity index (χ4n) is 1.40. The van der Waals surface area contributed by atoms with Gasteiger partial charge in [0.15, 0.2) is 0 Å². The fraction of sp³-hybridized carbons (Fsp3) is 0.357. The third-order valence-electron chi connectivity index (χ3n) is 2.29. The van der Waals surface area contributed by atoms with Gasteiger partial charge in [0.05, 0.1) is 5.56 Å². The molecule has 17 heavy (non-hydrogen) atoms. The van der Waals surface area contributed by atoms with Crippen LogP contribution in [0.5, 0.6) is 0 Å². The van der Waals surface area contributed by atoms with Crippen LogP contribution in [0.15, 0.2) is 24.3 Å². The molecular formula is C14H17NO2. The Bertz CT molecular complexity index is 429. The largest absolute Gasteiger partial charge is 0.384 e. The lowest BCUT2D eigenvalue weighted by atomic mass is 10.1. The molecule has 0 aliphatic heterocycles. The molecule has 0 unspecified atom stereocenters. The monoisotopic (exact) mass is 231 g/mol. The van der Waals surface area contributed by atoms with Crippen molar-refractivity contribution in [2.24, 2.45) is 0 Å². The molecule has 0 spiro atoms. The van der Waals surface area contributed by atoms with Gasteiger partial charge in [0.25, 0.3) is 5.91 Å². The maximum absolute atomic E-state index is 11.9. The lowest BCUT2D eigenvalue weighted by Crippen LogP contribution is -2.25. The number of hydrogen-bond donors (Lipinski definition) is 2. The predicted octanol–water partition coefficient (Wildman–Crippen LogP) is 1.56. The number of benzene rings is 1. The van der Waals surface area contributed by atoms with Crippen LogP contribution in [0.2, 0.25) is 0 Å². The quantitative estimate of drug-likeness (QED) is 0.610. The Balaban J connectivity index is 2.78. The van der Waals surface area contributed by atoms with Crippen LogP contribution in [0.4, 0.5) is 0 Å². The van der Waals surface area contributed by atoms with Crippen LogP contribution < -0.4 is 5.32 Å². The molecule has 0 bridgehead atoms. The minimum Gasteiger partial charge on any atom is -0.384 e. The van der Waals surface area contributed by atoms with Crippen molar-refractivity contribution in [2.75, 3.05) is 13.2 Å². The molecule has 0 aromatic heterocycles.